The molecule has 7 heteroatoms. The second-order valence-corrected chi connectivity index (χ2v) is 7.44. The van der Waals surface area contributed by atoms with Crippen LogP contribution in [0.4, 0.5) is 0 Å². The highest BCUT2D eigenvalue weighted by Crippen LogP contribution is 2.32. The second kappa shape index (κ2) is 6.44. The fourth-order valence-corrected chi connectivity index (χ4v) is 4.15. The van der Waals surface area contributed by atoms with Crippen LogP contribution < -0.4 is 0 Å². The molecular weight excluding hydrogens is 328 g/mol. The molecule has 0 aliphatic rings. The molecule has 2 aromatic heterocycles. The number of thiazole rings is 1. The van der Waals surface area contributed by atoms with E-state index in [9.17, 15) is 10.4 Å². The Morgan fingerprint density at radius 2 is 2.17 bits per heavy atom. The Kier molecular flexibility index (Phi) is 4.37. The van der Waals surface area contributed by atoms with Gasteiger partial charge in [-0.25, -0.2) is 9.97 Å². The van der Waals surface area contributed by atoms with Gasteiger partial charge in [0.1, 0.15) is 17.4 Å². The molecule has 1 atom stereocenters. The van der Waals surface area contributed by atoms with Crippen LogP contribution in [0.3, 0.4) is 0 Å². The maximum Gasteiger partial charge on any atom is 0.152 e. The van der Waals surface area contributed by atoms with Crippen LogP contribution in [0.5, 0.6) is 0 Å². The van der Waals surface area contributed by atoms with Crippen molar-refractivity contribution >= 4 is 39.7 Å². The Balaban J connectivity index is 1.93. The van der Waals surface area contributed by atoms with Gasteiger partial charge < -0.3 is 10.1 Å². The Labute approximate surface area is 141 Å². The summed E-state index contributed by atoms with van der Waals surface area (Å²) in [6.45, 7) is 3.77. The Morgan fingerprint density at radius 1 is 1.39 bits per heavy atom. The second-order valence-electron chi connectivity index (χ2n) is 4.99. The van der Waals surface area contributed by atoms with Crippen molar-refractivity contribution in [2.24, 2.45) is 0 Å². The number of aromatic nitrogens is 3. The molecule has 0 fully saturated rings. The van der Waals surface area contributed by atoms with Crippen LogP contribution in [-0.2, 0) is 0 Å². The minimum absolute atomic E-state index is 0.00408. The van der Waals surface area contributed by atoms with E-state index in [1.165, 1.54) is 23.1 Å². The molecule has 5 nitrogen and oxygen atoms in total. The number of aryl methyl sites for hydroxylation is 1. The van der Waals surface area contributed by atoms with E-state index in [2.05, 4.69) is 21.0 Å². The monoisotopic (exact) mass is 342 g/mol. The van der Waals surface area contributed by atoms with Crippen molar-refractivity contribution in [3.05, 3.63) is 46.9 Å². The number of aliphatic hydroxyl groups excluding tert-OH is 1. The number of benzene rings is 1. The number of H-pyrrole nitrogens is 1. The summed E-state index contributed by atoms with van der Waals surface area (Å²) in [5.41, 5.74) is 2.71. The highest BCUT2D eigenvalue weighted by Gasteiger charge is 2.20. The number of hydrogen-bond acceptors (Lipinski definition) is 6. The zero-order chi connectivity index (χ0) is 16.4. The number of aromatic amines is 1. The van der Waals surface area contributed by atoms with Crippen molar-refractivity contribution in [1.82, 2.24) is 15.0 Å². The van der Waals surface area contributed by atoms with Gasteiger partial charge in [0.15, 0.2) is 10.2 Å². The number of nitrogens with one attached hydrogen (secondary N) is 1. The fourth-order valence-electron chi connectivity index (χ4n) is 2.10. The van der Waals surface area contributed by atoms with Gasteiger partial charge in [-0.15, -0.1) is 11.3 Å². The first-order valence-electron chi connectivity index (χ1n) is 6.95. The minimum atomic E-state index is -0.289. The summed E-state index contributed by atoms with van der Waals surface area (Å²) >= 11 is 2.95. The topological polar surface area (TPSA) is 85.6 Å². The summed E-state index contributed by atoms with van der Waals surface area (Å²) in [6, 6.07) is 9.57. The van der Waals surface area contributed by atoms with Gasteiger partial charge in [-0.1, -0.05) is 23.9 Å². The molecular formula is C16H14N4OS2. The van der Waals surface area contributed by atoms with Crippen molar-refractivity contribution in [2.45, 2.75) is 23.4 Å². The van der Waals surface area contributed by atoms with Crippen molar-refractivity contribution in [2.75, 3.05) is 0 Å². The zero-order valence-corrected chi connectivity index (χ0v) is 14.2. The van der Waals surface area contributed by atoms with Crippen LogP contribution in [0, 0.1) is 18.3 Å². The molecule has 0 radical (unpaired) electrons. The van der Waals surface area contributed by atoms with Gasteiger partial charge in [-0.05, 0) is 26.0 Å². The van der Waals surface area contributed by atoms with E-state index in [0.29, 0.717) is 5.82 Å². The first-order valence-corrected chi connectivity index (χ1v) is 8.71. The highest BCUT2D eigenvalue weighted by atomic mass is 32.2. The molecule has 0 saturated carbocycles. The summed E-state index contributed by atoms with van der Waals surface area (Å²) in [7, 11) is 0. The predicted octanol–water partition coefficient (Wildman–Crippen LogP) is 4.30. The number of aliphatic hydroxyl groups is 1. The smallest absolute Gasteiger partial charge is 0.152 e. The number of allylic oxidation sites excluding steroid dienone is 1. The van der Waals surface area contributed by atoms with Gasteiger partial charge in [0.05, 0.1) is 16.3 Å². The molecule has 0 aliphatic heterocycles. The third kappa shape index (κ3) is 3.23. The van der Waals surface area contributed by atoms with E-state index in [1.54, 1.807) is 0 Å². The number of nitrogens with zero attached hydrogens (tertiary/aromatic N) is 3. The lowest BCUT2D eigenvalue weighted by molar-refractivity contribution is 0.402. The van der Waals surface area contributed by atoms with Gasteiger partial charge >= 0.3 is 0 Å². The SMILES string of the molecule is Cc1csc(SC(C)/C(O)=C(\C#N)c2nc3ccccc3[nH]2)n1. The van der Waals surface area contributed by atoms with E-state index in [-0.39, 0.29) is 16.6 Å². The average molecular weight is 342 g/mol. The van der Waals surface area contributed by atoms with Crippen LogP contribution in [0.1, 0.15) is 18.4 Å². The van der Waals surface area contributed by atoms with E-state index in [4.69, 9.17) is 0 Å². The van der Waals surface area contributed by atoms with E-state index in [0.717, 1.165) is 21.1 Å². The van der Waals surface area contributed by atoms with Crippen LogP contribution in [-0.4, -0.2) is 25.3 Å². The summed E-state index contributed by atoms with van der Waals surface area (Å²) in [4.78, 5) is 11.8. The molecule has 3 aromatic rings. The first-order chi connectivity index (χ1) is 11.1. The van der Waals surface area contributed by atoms with E-state index in [1.807, 2.05) is 43.5 Å². The van der Waals surface area contributed by atoms with Crippen molar-refractivity contribution in [1.29, 1.82) is 5.26 Å². The summed E-state index contributed by atoms with van der Waals surface area (Å²) in [5.74, 6) is 0.387. The molecule has 0 spiro atoms. The summed E-state index contributed by atoms with van der Waals surface area (Å²) < 4.78 is 0.864. The summed E-state index contributed by atoms with van der Waals surface area (Å²) in [5, 5.41) is 21.6. The maximum atomic E-state index is 10.5. The third-order valence-electron chi connectivity index (χ3n) is 3.25. The molecule has 2 N–H and O–H groups in total. The largest absolute Gasteiger partial charge is 0.510 e. The molecule has 0 saturated heterocycles. The fraction of sp³-hybridized carbons (Fsp3) is 0.188. The van der Waals surface area contributed by atoms with Crippen LogP contribution in [0.2, 0.25) is 0 Å². The molecule has 1 unspecified atom stereocenters. The standard InChI is InChI=1S/C16H14N4OS2/c1-9-8-22-16(18-9)23-10(2)14(21)11(7-17)15-19-12-5-3-4-6-13(12)20-15/h3-6,8,10,21H,1-2H3,(H,19,20)/b14-11-. The maximum absolute atomic E-state index is 10.5. The van der Waals surface area contributed by atoms with Gasteiger partial charge in [0, 0.05) is 11.1 Å². The molecule has 0 bridgehead atoms. The Hall–Kier alpha value is -2.30. The normalized spacial score (nSPS) is 13.6. The predicted molar refractivity (Wildman–Crippen MR) is 93.4 cm³/mol. The number of para-hydroxylation sites is 2. The van der Waals surface area contributed by atoms with Gasteiger partial charge in [0.25, 0.3) is 0 Å². The number of fused-ring (bicyclic) bond motifs is 1. The van der Waals surface area contributed by atoms with Crippen molar-refractivity contribution < 1.29 is 5.11 Å². The number of thioether (sulfide) groups is 1. The molecule has 0 aliphatic carbocycles. The lowest BCUT2D eigenvalue weighted by Gasteiger charge is -2.09. The molecule has 116 valence electrons. The minimum Gasteiger partial charge on any atom is -0.510 e. The quantitative estimate of drug-likeness (QED) is 0.419. The lowest BCUT2D eigenvalue weighted by atomic mass is 10.2. The van der Waals surface area contributed by atoms with E-state index >= 15 is 0 Å². The molecule has 23 heavy (non-hydrogen) atoms. The molecule has 1 aromatic carbocycles. The number of imidazole rings is 1. The van der Waals surface area contributed by atoms with Crippen LogP contribution >= 0.6 is 23.1 Å². The van der Waals surface area contributed by atoms with Crippen LogP contribution in [0.25, 0.3) is 16.6 Å². The number of nitriles is 1. The van der Waals surface area contributed by atoms with Crippen molar-refractivity contribution in [3.8, 4) is 6.07 Å². The molecule has 2 heterocycles. The number of rotatable bonds is 4. The lowest BCUT2D eigenvalue weighted by Crippen LogP contribution is -2.04. The third-order valence-corrected chi connectivity index (χ3v) is 5.45. The Bertz CT molecular complexity index is 886. The van der Waals surface area contributed by atoms with Gasteiger partial charge in [0.2, 0.25) is 0 Å². The Morgan fingerprint density at radius 3 is 2.83 bits per heavy atom. The van der Waals surface area contributed by atoms with Gasteiger partial charge in [-0.3, -0.25) is 0 Å². The van der Waals surface area contributed by atoms with Crippen LogP contribution in [0.15, 0.2) is 39.7 Å². The average Bonchev–Trinajstić information content (AvgIpc) is 3.13. The molecule has 0 amide bonds. The first kappa shape index (κ1) is 15.6. The molecule has 3 rings (SSSR count). The van der Waals surface area contributed by atoms with Crippen molar-refractivity contribution in [3.63, 3.8) is 0 Å². The zero-order valence-electron chi connectivity index (χ0n) is 12.6. The van der Waals surface area contributed by atoms with Gasteiger partial charge in [-0.2, -0.15) is 5.26 Å². The van der Waals surface area contributed by atoms with E-state index < -0.39 is 0 Å². The highest BCUT2D eigenvalue weighted by molar-refractivity contribution is 8.01. The summed E-state index contributed by atoms with van der Waals surface area (Å²) in [6.07, 6.45) is 0. The number of hydrogen-bond donors (Lipinski definition) is 2.